The molecule has 0 amide bonds. The topological polar surface area (TPSA) is 132 Å². The molecule has 0 aliphatic heterocycles. The number of hydrazone groups is 1. The molecule has 0 radical (unpaired) electrons. The van der Waals surface area contributed by atoms with Gasteiger partial charge in [-0.25, -0.2) is 8.42 Å². The van der Waals surface area contributed by atoms with Crippen LogP contribution in [0.4, 0.5) is 0 Å². The van der Waals surface area contributed by atoms with Gasteiger partial charge in [0.05, 0.1) is 20.9 Å². The van der Waals surface area contributed by atoms with E-state index in [1.807, 2.05) is 19.2 Å². The molecule has 0 fully saturated rings. The van der Waals surface area contributed by atoms with Crippen LogP contribution in [0.15, 0.2) is 82.0 Å². The van der Waals surface area contributed by atoms with Crippen LogP contribution in [0, 0.1) is 0 Å². The lowest BCUT2D eigenvalue weighted by Gasteiger charge is -2.13. The summed E-state index contributed by atoms with van der Waals surface area (Å²) in [5, 5.41) is 6.64. The number of benzene rings is 2. The molecule has 0 heterocycles. The maximum atomic E-state index is 12.3. The number of nitrogens with one attached hydrogen (secondary N) is 1. The first kappa shape index (κ1) is 28.8. The molecule has 36 heavy (non-hydrogen) atoms. The van der Waals surface area contributed by atoms with E-state index in [4.69, 9.17) is 27.9 Å². The zero-order chi connectivity index (χ0) is 27.0. The molecular weight excluding hydrogens is 498 g/mol. The molecule has 0 atom stereocenters. The van der Waals surface area contributed by atoms with Crippen molar-refractivity contribution in [1.29, 1.82) is 0 Å². The number of hydrogen-bond acceptors (Lipinski definition) is 8. The molecule has 10 heteroatoms. The number of halogens is 1. The first-order valence-corrected chi connectivity index (χ1v) is 13.0. The average Bonchev–Trinajstić information content (AvgIpc) is 2.85. The van der Waals surface area contributed by atoms with E-state index in [-0.39, 0.29) is 22.2 Å². The number of allylic oxidation sites excluding steroid dienone is 2. The fourth-order valence-electron chi connectivity index (χ4n) is 3.03. The second-order valence-electron chi connectivity index (χ2n) is 8.20. The molecule has 0 unspecified atom stereocenters. The zero-order valence-electron chi connectivity index (χ0n) is 20.9. The molecule has 0 aromatic heterocycles. The highest BCUT2D eigenvalue weighted by Gasteiger charge is 2.19. The predicted molar refractivity (Wildman–Crippen MR) is 149 cm³/mol. The molecule has 2 aromatic rings. The third-order valence-corrected chi connectivity index (χ3v) is 7.74. The molecule has 2 rings (SSSR count). The van der Waals surface area contributed by atoms with E-state index in [2.05, 4.69) is 28.6 Å². The van der Waals surface area contributed by atoms with Crippen molar-refractivity contribution in [2.75, 3.05) is 7.05 Å². The number of ether oxygens (including phenoxy) is 1. The van der Waals surface area contributed by atoms with Crippen LogP contribution in [0.3, 0.4) is 0 Å². The Morgan fingerprint density at radius 2 is 1.83 bits per heavy atom. The van der Waals surface area contributed by atoms with Gasteiger partial charge in [0.1, 0.15) is 11.5 Å². The second kappa shape index (κ2) is 12.5. The molecule has 0 bridgehead atoms. The monoisotopic (exact) mass is 529 g/mol. The van der Waals surface area contributed by atoms with Crippen molar-refractivity contribution >= 4 is 44.9 Å². The number of sulfone groups is 1. The Morgan fingerprint density at radius 3 is 2.36 bits per heavy atom. The van der Waals surface area contributed by atoms with E-state index < -0.39 is 15.1 Å². The predicted octanol–water partition coefficient (Wildman–Crippen LogP) is 4.48. The Hall–Kier alpha value is -3.40. The highest BCUT2D eigenvalue weighted by Crippen LogP contribution is 2.26. The maximum Gasteiger partial charge on any atom is 0.261 e. The smallest absolute Gasteiger partial charge is 0.261 e. The van der Waals surface area contributed by atoms with Crippen molar-refractivity contribution < 1.29 is 13.2 Å². The molecule has 0 aliphatic rings. The van der Waals surface area contributed by atoms with Crippen molar-refractivity contribution in [1.82, 2.24) is 5.32 Å². The largest absolute Gasteiger partial charge is 0.436 e. The first-order chi connectivity index (χ1) is 16.9. The average molecular weight is 530 g/mol. The molecular formula is C26H32ClN5O3S. The van der Waals surface area contributed by atoms with Gasteiger partial charge in [-0.1, -0.05) is 43.0 Å². The Labute approximate surface area is 218 Å². The Balaban J connectivity index is 2.16. The quantitative estimate of drug-likeness (QED) is 0.137. The number of nitrogens with zero attached hydrogens (tertiary/aromatic N) is 2. The zero-order valence-corrected chi connectivity index (χ0v) is 22.4. The third-order valence-electron chi connectivity index (χ3n) is 5.26. The fourth-order valence-corrected chi connectivity index (χ4v) is 4.39. The standard InChI is InChI=1S/C26H32ClN5O3S/c1-16(2)36(33,34)22-10-8-21(9-11-22)17(3)14-31-18(4)25(28)26(32-29)35-19(5)23-12-7-20(15-30-6)13-24(23)27/h7-14,16,30H,3,5,15,28-29H2,1-2,4,6H3/b25-18-,31-14?,32-26-. The van der Waals surface area contributed by atoms with E-state index in [9.17, 15) is 8.42 Å². The minimum absolute atomic E-state index is 0.0705. The van der Waals surface area contributed by atoms with Crippen LogP contribution < -0.4 is 16.9 Å². The lowest BCUT2D eigenvalue weighted by atomic mass is 10.1. The number of rotatable bonds is 10. The van der Waals surface area contributed by atoms with Crippen LogP contribution in [0.25, 0.3) is 11.3 Å². The van der Waals surface area contributed by atoms with Crippen LogP contribution in [0.2, 0.25) is 5.02 Å². The molecule has 192 valence electrons. The van der Waals surface area contributed by atoms with Crippen molar-refractivity contribution in [2.45, 2.75) is 37.5 Å². The molecule has 0 saturated carbocycles. The van der Waals surface area contributed by atoms with E-state index in [0.29, 0.717) is 34.0 Å². The van der Waals surface area contributed by atoms with Gasteiger partial charge in [-0.05, 0) is 68.8 Å². The highest BCUT2D eigenvalue weighted by molar-refractivity contribution is 7.92. The molecule has 8 nitrogen and oxygen atoms in total. The van der Waals surface area contributed by atoms with Crippen LogP contribution in [-0.4, -0.2) is 32.8 Å². The van der Waals surface area contributed by atoms with Crippen LogP contribution >= 0.6 is 11.6 Å². The molecule has 5 N–H and O–H groups in total. The summed E-state index contributed by atoms with van der Waals surface area (Å²) in [6.45, 7) is 13.5. The minimum atomic E-state index is -3.35. The van der Waals surface area contributed by atoms with Crippen molar-refractivity contribution in [2.24, 2.45) is 21.7 Å². The van der Waals surface area contributed by atoms with Gasteiger partial charge in [-0.2, -0.15) is 0 Å². The van der Waals surface area contributed by atoms with Crippen molar-refractivity contribution in [3.63, 3.8) is 0 Å². The van der Waals surface area contributed by atoms with Gasteiger partial charge < -0.3 is 21.6 Å². The summed E-state index contributed by atoms with van der Waals surface area (Å²) in [7, 11) is -1.50. The summed E-state index contributed by atoms with van der Waals surface area (Å²) in [5.74, 6) is 5.66. The van der Waals surface area contributed by atoms with Crippen LogP contribution in [0.5, 0.6) is 0 Å². The third kappa shape index (κ3) is 7.07. The summed E-state index contributed by atoms with van der Waals surface area (Å²) in [4.78, 5) is 4.59. The summed E-state index contributed by atoms with van der Waals surface area (Å²) < 4.78 is 30.3. The van der Waals surface area contributed by atoms with E-state index in [1.54, 1.807) is 51.1 Å². The summed E-state index contributed by atoms with van der Waals surface area (Å²) in [6, 6.07) is 12.0. The lowest BCUT2D eigenvalue weighted by molar-refractivity contribution is 0.504. The van der Waals surface area contributed by atoms with Gasteiger partial charge in [0.2, 0.25) is 0 Å². The van der Waals surface area contributed by atoms with Gasteiger partial charge in [0.25, 0.3) is 5.90 Å². The Morgan fingerprint density at radius 1 is 1.19 bits per heavy atom. The van der Waals surface area contributed by atoms with Gasteiger partial charge in [0, 0.05) is 18.3 Å². The number of nitrogens with two attached hydrogens (primary N) is 2. The second-order valence-corrected chi connectivity index (χ2v) is 11.1. The van der Waals surface area contributed by atoms with Crippen molar-refractivity contribution in [3.05, 3.63) is 88.7 Å². The van der Waals surface area contributed by atoms with Gasteiger partial charge in [-0.3, -0.25) is 4.99 Å². The Kier molecular flexibility index (Phi) is 10.0. The summed E-state index contributed by atoms with van der Waals surface area (Å²) in [6.07, 6.45) is 1.51. The summed E-state index contributed by atoms with van der Waals surface area (Å²) >= 11 is 6.37. The lowest BCUT2D eigenvalue weighted by Crippen LogP contribution is -2.18. The van der Waals surface area contributed by atoms with Crippen LogP contribution in [-0.2, 0) is 21.1 Å². The SMILES string of the molecule is C=C(C=N/C(C)=C(N)/C(=N/N)OC(=C)c1ccc(CNC)cc1Cl)c1ccc(S(=O)(=O)C(C)C)cc1. The first-order valence-electron chi connectivity index (χ1n) is 11.0. The van der Waals surface area contributed by atoms with Gasteiger partial charge in [-0.15, -0.1) is 5.10 Å². The van der Waals surface area contributed by atoms with Crippen molar-refractivity contribution in [3.8, 4) is 0 Å². The molecule has 0 spiro atoms. The number of hydrogen-bond donors (Lipinski definition) is 3. The van der Waals surface area contributed by atoms with Crippen LogP contribution in [0.1, 0.15) is 37.5 Å². The molecule has 2 aromatic carbocycles. The highest BCUT2D eigenvalue weighted by atomic mass is 35.5. The number of aliphatic imine (C=N–C) groups is 1. The Bertz CT molecular complexity index is 1330. The van der Waals surface area contributed by atoms with Gasteiger partial charge in [0.15, 0.2) is 9.84 Å². The molecule has 0 aliphatic carbocycles. The summed E-state index contributed by atoms with van der Waals surface area (Å²) in [5.41, 5.74) is 9.50. The van der Waals surface area contributed by atoms with Gasteiger partial charge >= 0.3 is 0 Å². The van der Waals surface area contributed by atoms with E-state index in [1.165, 1.54) is 6.21 Å². The molecule has 0 saturated heterocycles. The normalized spacial score (nSPS) is 13.1. The maximum absolute atomic E-state index is 12.3. The fraction of sp³-hybridized carbons (Fsp3) is 0.231. The minimum Gasteiger partial charge on any atom is -0.436 e. The van der Waals surface area contributed by atoms with E-state index in [0.717, 1.165) is 5.56 Å². The van der Waals surface area contributed by atoms with E-state index >= 15 is 0 Å².